The van der Waals surface area contributed by atoms with Gasteiger partial charge >= 0.3 is 0 Å². The molecule has 0 aromatic carbocycles. The smallest absolute Gasteiger partial charge is 0.147 e. The molecule has 0 aliphatic rings. The number of nitrogens with zero attached hydrogens (tertiary/aromatic N) is 1. The highest BCUT2D eigenvalue weighted by molar-refractivity contribution is 7.90. The second kappa shape index (κ2) is 4.95. The Balaban J connectivity index is 2.23. The summed E-state index contributed by atoms with van der Waals surface area (Å²) in [5.74, 6) is 0.828. The minimum Gasteiger partial charge on any atom is -0.492 e. The van der Waals surface area contributed by atoms with Crippen molar-refractivity contribution in [1.82, 2.24) is 4.98 Å². The van der Waals surface area contributed by atoms with Crippen LogP contribution in [-0.2, 0) is 9.84 Å². The first-order valence-corrected chi connectivity index (χ1v) is 6.34. The number of hydrogen-bond donors (Lipinski definition) is 0. The van der Waals surface area contributed by atoms with Gasteiger partial charge in [-0.2, -0.15) is 0 Å². The van der Waals surface area contributed by atoms with E-state index < -0.39 is 9.84 Å². The van der Waals surface area contributed by atoms with Gasteiger partial charge in [0.15, 0.2) is 0 Å². The predicted octanol–water partition coefficient (Wildman–Crippen LogP) is 0.895. The van der Waals surface area contributed by atoms with Gasteiger partial charge in [-0.3, -0.25) is 4.98 Å². The van der Waals surface area contributed by atoms with Crippen LogP contribution in [-0.4, -0.2) is 32.0 Å². The normalized spacial score (nSPS) is 11.2. The molecule has 0 unspecified atom stereocenters. The molecule has 0 aliphatic heterocycles. The van der Waals surface area contributed by atoms with E-state index in [9.17, 15) is 8.42 Å². The lowest BCUT2D eigenvalue weighted by Gasteiger charge is -2.03. The van der Waals surface area contributed by atoms with Crippen LogP contribution in [0.15, 0.2) is 24.5 Å². The fraction of sp³-hybridized carbons (Fsp3) is 0.444. The molecule has 0 atom stereocenters. The van der Waals surface area contributed by atoms with Gasteiger partial charge in [0, 0.05) is 12.5 Å². The van der Waals surface area contributed by atoms with E-state index in [2.05, 4.69) is 4.98 Å². The lowest BCUT2D eigenvalue weighted by molar-refractivity contribution is 0.316. The first-order chi connectivity index (χ1) is 6.58. The van der Waals surface area contributed by atoms with E-state index in [0.717, 1.165) is 0 Å². The number of pyridine rings is 1. The summed E-state index contributed by atoms with van der Waals surface area (Å²) in [5.41, 5.74) is 0. The second-order valence-corrected chi connectivity index (χ2v) is 5.28. The summed E-state index contributed by atoms with van der Waals surface area (Å²) < 4.78 is 26.8. The van der Waals surface area contributed by atoms with E-state index in [4.69, 9.17) is 4.74 Å². The van der Waals surface area contributed by atoms with Gasteiger partial charge in [0.25, 0.3) is 0 Å². The van der Waals surface area contributed by atoms with Crippen molar-refractivity contribution in [2.75, 3.05) is 18.6 Å². The maximum atomic E-state index is 10.8. The van der Waals surface area contributed by atoms with Crippen molar-refractivity contribution in [3.05, 3.63) is 24.5 Å². The average molecular weight is 215 g/mol. The SMILES string of the molecule is CS(=O)(=O)CCCOc1cccnc1. The Labute approximate surface area is 83.8 Å². The molecule has 0 aliphatic carbocycles. The quantitative estimate of drug-likeness (QED) is 0.685. The van der Waals surface area contributed by atoms with Crippen molar-refractivity contribution in [3.63, 3.8) is 0 Å². The summed E-state index contributed by atoms with van der Waals surface area (Å²) in [5, 5.41) is 0. The van der Waals surface area contributed by atoms with Crippen LogP contribution in [0.5, 0.6) is 5.75 Å². The lowest BCUT2D eigenvalue weighted by Crippen LogP contribution is -2.07. The lowest BCUT2D eigenvalue weighted by atomic mass is 10.4. The van der Waals surface area contributed by atoms with Crippen LogP contribution in [0.4, 0.5) is 0 Å². The summed E-state index contributed by atoms with van der Waals surface area (Å²) >= 11 is 0. The molecule has 0 fully saturated rings. The zero-order chi connectivity index (χ0) is 10.4. The Morgan fingerprint density at radius 3 is 2.86 bits per heavy atom. The number of rotatable bonds is 5. The van der Waals surface area contributed by atoms with Gasteiger partial charge in [0.1, 0.15) is 15.6 Å². The molecule has 0 N–H and O–H groups in total. The van der Waals surface area contributed by atoms with Crippen molar-refractivity contribution in [1.29, 1.82) is 0 Å². The van der Waals surface area contributed by atoms with E-state index >= 15 is 0 Å². The molecule has 0 spiro atoms. The third-order valence-corrected chi connectivity index (χ3v) is 2.59. The van der Waals surface area contributed by atoms with Gasteiger partial charge in [-0.25, -0.2) is 8.42 Å². The molecule has 0 saturated carbocycles. The topological polar surface area (TPSA) is 56.3 Å². The Morgan fingerprint density at radius 1 is 1.50 bits per heavy atom. The molecule has 0 amide bonds. The highest BCUT2D eigenvalue weighted by Crippen LogP contribution is 2.06. The highest BCUT2D eigenvalue weighted by Gasteiger charge is 2.01. The third-order valence-electron chi connectivity index (χ3n) is 1.56. The van der Waals surface area contributed by atoms with Crippen LogP contribution in [0.3, 0.4) is 0 Å². The van der Waals surface area contributed by atoms with Gasteiger partial charge in [0.05, 0.1) is 18.6 Å². The van der Waals surface area contributed by atoms with Crippen molar-refractivity contribution in [3.8, 4) is 5.75 Å². The summed E-state index contributed by atoms with van der Waals surface area (Å²) in [7, 11) is -2.87. The van der Waals surface area contributed by atoms with Crippen LogP contribution in [0.1, 0.15) is 6.42 Å². The summed E-state index contributed by atoms with van der Waals surface area (Å²) in [6.45, 7) is 0.402. The molecule has 14 heavy (non-hydrogen) atoms. The fourth-order valence-corrected chi connectivity index (χ4v) is 1.59. The van der Waals surface area contributed by atoms with Crippen molar-refractivity contribution < 1.29 is 13.2 Å². The van der Waals surface area contributed by atoms with Crippen LogP contribution in [0.2, 0.25) is 0 Å². The maximum Gasteiger partial charge on any atom is 0.147 e. The average Bonchev–Trinajstić information content (AvgIpc) is 2.13. The fourth-order valence-electron chi connectivity index (χ4n) is 0.944. The molecule has 4 nitrogen and oxygen atoms in total. The Hall–Kier alpha value is -1.10. The van der Waals surface area contributed by atoms with E-state index in [1.165, 1.54) is 6.26 Å². The monoisotopic (exact) mass is 215 g/mol. The molecule has 1 aromatic rings. The molecule has 0 saturated heterocycles. The molecule has 1 aromatic heterocycles. The van der Waals surface area contributed by atoms with Crippen LogP contribution < -0.4 is 4.74 Å². The van der Waals surface area contributed by atoms with Crippen molar-refractivity contribution >= 4 is 9.84 Å². The third kappa shape index (κ3) is 4.81. The molecule has 0 radical (unpaired) electrons. The standard InChI is InChI=1S/C9H13NO3S/c1-14(11,12)7-3-6-13-9-4-2-5-10-8-9/h2,4-5,8H,3,6-7H2,1H3. The minimum atomic E-state index is -2.87. The van der Waals surface area contributed by atoms with E-state index in [1.807, 2.05) is 0 Å². The largest absolute Gasteiger partial charge is 0.492 e. The van der Waals surface area contributed by atoms with Gasteiger partial charge < -0.3 is 4.74 Å². The molecular weight excluding hydrogens is 202 g/mol. The molecule has 5 heteroatoms. The maximum absolute atomic E-state index is 10.8. The molecule has 1 heterocycles. The first-order valence-electron chi connectivity index (χ1n) is 4.28. The van der Waals surface area contributed by atoms with Gasteiger partial charge in [-0.05, 0) is 18.6 Å². The van der Waals surface area contributed by atoms with E-state index in [1.54, 1.807) is 24.5 Å². The van der Waals surface area contributed by atoms with Gasteiger partial charge in [-0.15, -0.1) is 0 Å². The number of aromatic nitrogens is 1. The van der Waals surface area contributed by atoms with Crippen molar-refractivity contribution in [2.24, 2.45) is 0 Å². The molecule has 0 bridgehead atoms. The minimum absolute atomic E-state index is 0.160. The number of hydrogen-bond acceptors (Lipinski definition) is 4. The number of sulfone groups is 1. The Kier molecular flexibility index (Phi) is 3.88. The summed E-state index contributed by atoms with van der Waals surface area (Å²) in [6, 6.07) is 3.55. The zero-order valence-corrected chi connectivity index (χ0v) is 8.83. The highest BCUT2D eigenvalue weighted by atomic mass is 32.2. The molecule has 1 rings (SSSR count). The van der Waals surface area contributed by atoms with Crippen LogP contribution >= 0.6 is 0 Å². The Bertz CT molecular complexity index is 361. The van der Waals surface area contributed by atoms with Gasteiger partial charge in [-0.1, -0.05) is 0 Å². The van der Waals surface area contributed by atoms with Crippen molar-refractivity contribution in [2.45, 2.75) is 6.42 Å². The first kappa shape index (κ1) is 11.0. The van der Waals surface area contributed by atoms with Crippen LogP contribution in [0, 0.1) is 0 Å². The Morgan fingerprint density at radius 2 is 2.29 bits per heavy atom. The summed E-state index contributed by atoms with van der Waals surface area (Å²) in [6.07, 6.45) is 4.98. The second-order valence-electron chi connectivity index (χ2n) is 3.02. The van der Waals surface area contributed by atoms with E-state index in [0.29, 0.717) is 18.8 Å². The molecule has 78 valence electrons. The summed E-state index contributed by atoms with van der Waals surface area (Å²) in [4.78, 5) is 3.87. The van der Waals surface area contributed by atoms with Gasteiger partial charge in [0.2, 0.25) is 0 Å². The van der Waals surface area contributed by atoms with E-state index in [-0.39, 0.29) is 5.75 Å². The van der Waals surface area contributed by atoms with Crippen LogP contribution in [0.25, 0.3) is 0 Å². The number of ether oxygens (including phenoxy) is 1. The zero-order valence-electron chi connectivity index (χ0n) is 8.01. The predicted molar refractivity (Wildman–Crippen MR) is 54.1 cm³/mol. The molecular formula is C9H13NO3S.